The number of aromatic nitrogens is 2. The van der Waals surface area contributed by atoms with Crippen LogP contribution in [0.5, 0.6) is 11.5 Å². The monoisotopic (exact) mass is 549 g/mol. The SMILES string of the molecule is CCCc1nc2ccc(Br)cc2c(=O)n1N=Cc1cc(Br)cc(OC)c1O[C@@H](C)CC. The Morgan fingerprint density at radius 1 is 1.19 bits per heavy atom. The van der Waals surface area contributed by atoms with Gasteiger partial charge in [0.05, 0.1) is 30.3 Å². The van der Waals surface area contributed by atoms with Crippen molar-refractivity contribution in [3.63, 3.8) is 0 Å². The molecule has 0 aliphatic carbocycles. The molecular formula is C23H25Br2N3O3. The Bertz CT molecular complexity index is 1170. The van der Waals surface area contributed by atoms with Crippen LogP contribution in [0.2, 0.25) is 0 Å². The fourth-order valence-corrected chi connectivity index (χ4v) is 3.88. The summed E-state index contributed by atoms with van der Waals surface area (Å²) in [6.45, 7) is 6.10. The van der Waals surface area contributed by atoms with Gasteiger partial charge in [-0.2, -0.15) is 9.78 Å². The van der Waals surface area contributed by atoms with Crippen molar-refractivity contribution in [1.82, 2.24) is 9.66 Å². The molecule has 3 rings (SSSR count). The molecule has 0 radical (unpaired) electrons. The first-order valence-corrected chi connectivity index (χ1v) is 11.8. The summed E-state index contributed by atoms with van der Waals surface area (Å²) >= 11 is 6.94. The summed E-state index contributed by atoms with van der Waals surface area (Å²) in [5.74, 6) is 1.80. The molecule has 0 aliphatic heterocycles. The predicted octanol–water partition coefficient (Wildman–Crippen LogP) is 5.94. The standard InChI is InChI=1S/C23H25Br2N3O3/c1-5-7-21-27-19-9-8-16(24)11-18(19)23(29)28(21)26-13-15-10-17(25)12-20(30-4)22(15)31-14(3)6-2/h8-14H,5-7H2,1-4H3/t14-/m0/s1. The van der Waals surface area contributed by atoms with E-state index < -0.39 is 0 Å². The third-order valence-electron chi connectivity index (χ3n) is 4.82. The number of methoxy groups -OCH3 is 1. The number of halogens is 2. The molecule has 0 aliphatic rings. The summed E-state index contributed by atoms with van der Waals surface area (Å²) in [5.41, 5.74) is 1.15. The van der Waals surface area contributed by atoms with Crippen molar-refractivity contribution in [2.45, 2.75) is 46.1 Å². The molecule has 0 saturated heterocycles. The van der Waals surface area contributed by atoms with Crippen LogP contribution in [0.25, 0.3) is 10.9 Å². The van der Waals surface area contributed by atoms with Crippen LogP contribution in [0.15, 0.2) is 49.2 Å². The lowest BCUT2D eigenvalue weighted by Gasteiger charge is -2.18. The van der Waals surface area contributed by atoms with E-state index in [1.54, 1.807) is 19.4 Å². The summed E-state index contributed by atoms with van der Waals surface area (Å²) in [6, 6.07) is 9.22. The van der Waals surface area contributed by atoms with Gasteiger partial charge in [0, 0.05) is 20.9 Å². The molecule has 0 bridgehead atoms. The number of hydrogen-bond donors (Lipinski definition) is 0. The Kier molecular flexibility index (Phi) is 7.89. The predicted molar refractivity (Wildman–Crippen MR) is 132 cm³/mol. The van der Waals surface area contributed by atoms with E-state index in [0.29, 0.717) is 40.2 Å². The van der Waals surface area contributed by atoms with Gasteiger partial charge in [0.15, 0.2) is 11.5 Å². The highest BCUT2D eigenvalue weighted by atomic mass is 79.9. The first-order valence-electron chi connectivity index (χ1n) is 10.2. The summed E-state index contributed by atoms with van der Waals surface area (Å²) < 4.78 is 14.6. The van der Waals surface area contributed by atoms with Crippen LogP contribution in [0.4, 0.5) is 0 Å². The minimum atomic E-state index is -0.211. The molecule has 1 aromatic heterocycles. The smallest absolute Gasteiger partial charge is 0.282 e. The third-order valence-corrected chi connectivity index (χ3v) is 5.77. The van der Waals surface area contributed by atoms with E-state index in [4.69, 9.17) is 9.47 Å². The number of fused-ring (bicyclic) bond motifs is 1. The minimum absolute atomic E-state index is 0.000265. The second-order valence-corrected chi connectivity index (χ2v) is 9.00. The summed E-state index contributed by atoms with van der Waals surface area (Å²) in [6.07, 6.45) is 3.95. The van der Waals surface area contributed by atoms with Crippen LogP contribution in [0.1, 0.15) is 45.0 Å². The van der Waals surface area contributed by atoms with Crippen LogP contribution >= 0.6 is 31.9 Å². The summed E-state index contributed by atoms with van der Waals surface area (Å²) in [7, 11) is 1.60. The molecule has 1 heterocycles. The van der Waals surface area contributed by atoms with E-state index in [1.165, 1.54) is 4.68 Å². The van der Waals surface area contributed by atoms with Crippen molar-refractivity contribution in [3.05, 3.63) is 61.0 Å². The number of benzene rings is 2. The Balaban J connectivity index is 2.17. The van der Waals surface area contributed by atoms with Crippen LogP contribution in [0.3, 0.4) is 0 Å². The van der Waals surface area contributed by atoms with Gasteiger partial charge in [0.25, 0.3) is 5.56 Å². The van der Waals surface area contributed by atoms with Gasteiger partial charge < -0.3 is 9.47 Å². The van der Waals surface area contributed by atoms with Crippen molar-refractivity contribution in [2.24, 2.45) is 5.10 Å². The van der Waals surface area contributed by atoms with Gasteiger partial charge in [0.1, 0.15) is 5.82 Å². The number of aryl methyl sites for hydroxylation is 1. The average molecular weight is 551 g/mol. The Morgan fingerprint density at radius 3 is 2.65 bits per heavy atom. The zero-order chi connectivity index (χ0) is 22.5. The largest absolute Gasteiger partial charge is 0.493 e. The van der Waals surface area contributed by atoms with Crippen LogP contribution < -0.4 is 15.0 Å². The molecule has 1 atom stereocenters. The molecular weight excluding hydrogens is 526 g/mol. The molecule has 164 valence electrons. The van der Waals surface area contributed by atoms with Crippen molar-refractivity contribution >= 4 is 49.0 Å². The number of ether oxygens (including phenoxy) is 2. The second kappa shape index (κ2) is 10.4. The second-order valence-electron chi connectivity index (χ2n) is 7.16. The van der Waals surface area contributed by atoms with Crippen molar-refractivity contribution < 1.29 is 9.47 Å². The Hall–Kier alpha value is -2.19. The first kappa shape index (κ1) is 23.5. The quantitative estimate of drug-likeness (QED) is 0.325. The molecule has 0 N–H and O–H groups in total. The highest BCUT2D eigenvalue weighted by Crippen LogP contribution is 2.35. The molecule has 0 saturated carbocycles. The molecule has 0 unspecified atom stereocenters. The van der Waals surface area contributed by atoms with Crippen molar-refractivity contribution in [1.29, 1.82) is 0 Å². The molecule has 0 spiro atoms. The van der Waals surface area contributed by atoms with Gasteiger partial charge in [-0.05, 0) is 50.1 Å². The van der Waals surface area contributed by atoms with Crippen molar-refractivity contribution in [3.8, 4) is 11.5 Å². The summed E-state index contributed by atoms with van der Waals surface area (Å²) in [5, 5.41) is 5.04. The van der Waals surface area contributed by atoms with Crippen LogP contribution in [-0.4, -0.2) is 29.1 Å². The number of nitrogens with zero attached hydrogens (tertiary/aromatic N) is 3. The van der Waals surface area contributed by atoms with Gasteiger partial charge in [-0.3, -0.25) is 4.79 Å². The lowest BCUT2D eigenvalue weighted by molar-refractivity contribution is 0.207. The maximum atomic E-state index is 13.2. The van der Waals surface area contributed by atoms with E-state index >= 15 is 0 Å². The molecule has 8 heteroatoms. The number of hydrogen-bond acceptors (Lipinski definition) is 5. The van der Waals surface area contributed by atoms with E-state index in [-0.39, 0.29) is 11.7 Å². The fourth-order valence-electron chi connectivity index (χ4n) is 3.07. The molecule has 2 aromatic carbocycles. The normalized spacial score (nSPS) is 12.5. The third kappa shape index (κ3) is 5.36. The zero-order valence-electron chi connectivity index (χ0n) is 18.0. The number of rotatable bonds is 8. The van der Waals surface area contributed by atoms with Crippen LogP contribution in [0, 0.1) is 0 Å². The van der Waals surface area contributed by atoms with Crippen LogP contribution in [-0.2, 0) is 6.42 Å². The van der Waals surface area contributed by atoms with Gasteiger partial charge in [-0.1, -0.05) is 45.7 Å². The van der Waals surface area contributed by atoms with Gasteiger partial charge in [-0.15, -0.1) is 0 Å². The van der Waals surface area contributed by atoms with Gasteiger partial charge in [-0.25, -0.2) is 4.98 Å². The maximum Gasteiger partial charge on any atom is 0.282 e. The Morgan fingerprint density at radius 2 is 1.97 bits per heavy atom. The first-order chi connectivity index (χ1) is 14.9. The molecule has 31 heavy (non-hydrogen) atoms. The lowest BCUT2D eigenvalue weighted by atomic mass is 10.2. The summed E-state index contributed by atoms with van der Waals surface area (Å²) in [4.78, 5) is 17.9. The van der Waals surface area contributed by atoms with Crippen molar-refractivity contribution in [2.75, 3.05) is 7.11 Å². The van der Waals surface area contributed by atoms with E-state index in [2.05, 4.69) is 48.9 Å². The molecule has 6 nitrogen and oxygen atoms in total. The average Bonchev–Trinajstić information content (AvgIpc) is 2.75. The topological polar surface area (TPSA) is 65.7 Å². The fraction of sp³-hybridized carbons (Fsp3) is 0.348. The zero-order valence-corrected chi connectivity index (χ0v) is 21.2. The lowest BCUT2D eigenvalue weighted by Crippen LogP contribution is -2.22. The molecule has 0 amide bonds. The van der Waals surface area contributed by atoms with Gasteiger partial charge >= 0.3 is 0 Å². The maximum absolute atomic E-state index is 13.2. The Labute approximate surface area is 198 Å². The minimum Gasteiger partial charge on any atom is -0.493 e. The van der Waals surface area contributed by atoms with E-state index in [0.717, 1.165) is 21.8 Å². The molecule has 3 aromatic rings. The highest BCUT2D eigenvalue weighted by molar-refractivity contribution is 9.10. The van der Waals surface area contributed by atoms with E-state index in [9.17, 15) is 4.79 Å². The van der Waals surface area contributed by atoms with E-state index in [1.807, 2.05) is 38.1 Å². The van der Waals surface area contributed by atoms with Gasteiger partial charge in [0.2, 0.25) is 0 Å². The molecule has 0 fully saturated rings. The highest BCUT2D eigenvalue weighted by Gasteiger charge is 2.15.